The van der Waals surface area contributed by atoms with Crippen LogP contribution in [0.2, 0.25) is 0 Å². The number of nitrogens with zero attached hydrogens (tertiary/aromatic N) is 2. The number of hydrogen-bond acceptors (Lipinski definition) is 4. The number of carbonyl (C=O) groups excluding carboxylic acids is 2. The minimum Gasteiger partial charge on any atom is -0.380 e. The average Bonchev–Trinajstić information content (AvgIpc) is 2.83. The van der Waals surface area contributed by atoms with E-state index in [0.29, 0.717) is 24.2 Å². The fourth-order valence-corrected chi connectivity index (χ4v) is 3.60. The van der Waals surface area contributed by atoms with Gasteiger partial charge in [0.05, 0.1) is 6.54 Å². The van der Waals surface area contributed by atoms with Crippen molar-refractivity contribution in [3.63, 3.8) is 0 Å². The number of ketones is 1. The Morgan fingerprint density at radius 1 is 1.07 bits per heavy atom. The van der Waals surface area contributed by atoms with Crippen LogP contribution in [0.25, 0.3) is 0 Å². The van der Waals surface area contributed by atoms with Gasteiger partial charge in [0.1, 0.15) is 6.10 Å². The molecule has 0 radical (unpaired) electrons. The van der Waals surface area contributed by atoms with Gasteiger partial charge in [-0.3, -0.25) is 14.5 Å². The Kier molecular flexibility index (Phi) is 6.89. The van der Waals surface area contributed by atoms with Crippen LogP contribution in [0.3, 0.4) is 0 Å². The predicted molar refractivity (Wildman–Crippen MR) is 104 cm³/mol. The highest BCUT2D eigenvalue weighted by Crippen LogP contribution is 2.25. The summed E-state index contributed by atoms with van der Waals surface area (Å²) in [5, 5.41) is 10.2. The van der Waals surface area contributed by atoms with Crippen LogP contribution in [-0.2, 0) is 22.7 Å². The molecule has 0 aromatic heterocycles. The average molecular weight is 420 g/mol. The van der Waals surface area contributed by atoms with Crippen molar-refractivity contribution < 1.29 is 27.9 Å². The van der Waals surface area contributed by atoms with Crippen molar-refractivity contribution in [2.75, 3.05) is 19.6 Å². The number of Topliss-reactive ketones (excluding diaryl/α,β-unsaturated/α-hetero) is 1. The molecule has 1 N–H and O–H groups in total. The molecule has 1 amide bonds. The van der Waals surface area contributed by atoms with Gasteiger partial charge < -0.3 is 10.0 Å². The molecule has 2 aromatic carbocycles. The molecule has 0 aliphatic carbocycles. The van der Waals surface area contributed by atoms with Crippen molar-refractivity contribution in [2.45, 2.75) is 31.8 Å². The molecule has 0 saturated heterocycles. The van der Waals surface area contributed by atoms with Gasteiger partial charge in [0, 0.05) is 26.2 Å². The van der Waals surface area contributed by atoms with Gasteiger partial charge in [0.15, 0.2) is 5.78 Å². The zero-order chi connectivity index (χ0) is 21.7. The number of rotatable bonds is 6. The summed E-state index contributed by atoms with van der Waals surface area (Å²) in [6.07, 6.45) is -5.89. The Hall–Kier alpha value is -2.71. The van der Waals surface area contributed by atoms with Crippen LogP contribution in [0.5, 0.6) is 0 Å². The first-order valence-electron chi connectivity index (χ1n) is 9.66. The van der Waals surface area contributed by atoms with Crippen molar-refractivity contribution in [1.82, 2.24) is 9.80 Å². The Morgan fingerprint density at radius 3 is 2.43 bits per heavy atom. The zero-order valence-corrected chi connectivity index (χ0v) is 16.3. The number of benzene rings is 2. The number of fused-ring (bicyclic) bond motifs is 1. The number of amides is 1. The van der Waals surface area contributed by atoms with Gasteiger partial charge in [0.25, 0.3) is 0 Å². The van der Waals surface area contributed by atoms with Crippen LogP contribution < -0.4 is 0 Å². The van der Waals surface area contributed by atoms with Crippen LogP contribution in [0.4, 0.5) is 13.2 Å². The lowest BCUT2D eigenvalue weighted by molar-refractivity contribution is -0.186. The lowest BCUT2D eigenvalue weighted by Crippen LogP contribution is -2.42. The van der Waals surface area contributed by atoms with E-state index in [-0.39, 0.29) is 31.8 Å². The molecule has 0 spiro atoms. The molecule has 0 saturated carbocycles. The normalized spacial score (nSPS) is 17.3. The van der Waals surface area contributed by atoms with Crippen LogP contribution >= 0.6 is 0 Å². The van der Waals surface area contributed by atoms with Gasteiger partial charge in [0.2, 0.25) is 0 Å². The summed E-state index contributed by atoms with van der Waals surface area (Å²) in [6, 6.07) is 15.6. The van der Waals surface area contributed by atoms with Gasteiger partial charge in [-0.1, -0.05) is 54.6 Å². The van der Waals surface area contributed by atoms with E-state index in [1.165, 1.54) is 0 Å². The summed E-state index contributed by atoms with van der Waals surface area (Å²) >= 11 is 0. The minimum absolute atomic E-state index is 0.00174. The molecule has 30 heavy (non-hydrogen) atoms. The number of hydrogen-bond donors (Lipinski definition) is 1. The van der Waals surface area contributed by atoms with Crippen LogP contribution in [0.15, 0.2) is 54.6 Å². The summed E-state index contributed by atoms with van der Waals surface area (Å²) in [5.74, 6) is -2.23. The molecule has 160 valence electrons. The quantitative estimate of drug-likeness (QED) is 0.780. The van der Waals surface area contributed by atoms with E-state index in [0.717, 1.165) is 10.5 Å². The molecular weight excluding hydrogens is 397 g/mol. The molecule has 1 heterocycles. The number of aliphatic hydroxyl groups is 1. The molecule has 2 aromatic rings. The first-order valence-corrected chi connectivity index (χ1v) is 9.66. The van der Waals surface area contributed by atoms with Gasteiger partial charge >= 0.3 is 12.1 Å². The number of alkyl halides is 3. The Morgan fingerprint density at radius 2 is 1.73 bits per heavy atom. The molecule has 8 heteroatoms. The third-order valence-electron chi connectivity index (χ3n) is 5.08. The third kappa shape index (κ3) is 5.46. The van der Waals surface area contributed by atoms with Crippen molar-refractivity contribution in [2.24, 2.45) is 0 Å². The highest BCUT2D eigenvalue weighted by Gasteiger charge is 2.42. The minimum atomic E-state index is -4.95. The number of carbonyl (C=O) groups is 2. The van der Waals surface area contributed by atoms with E-state index in [1.54, 1.807) is 47.4 Å². The van der Waals surface area contributed by atoms with Gasteiger partial charge in [-0.05, 0) is 23.1 Å². The van der Waals surface area contributed by atoms with Crippen LogP contribution in [-0.4, -0.2) is 52.4 Å². The summed E-state index contributed by atoms with van der Waals surface area (Å²) in [4.78, 5) is 26.7. The maximum absolute atomic E-state index is 13.0. The molecular formula is C22H23F3N2O3. The molecule has 5 nitrogen and oxygen atoms in total. The smallest absolute Gasteiger partial charge is 0.380 e. The standard InChI is InChI=1S/C22H23F3N2O3/c23-22(24,25)21(30)27(13-16-7-2-1-3-8-16)12-6-11-26-14-17-9-4-5-10-18(17)20(29)19(28)15-26/h1-5,7-10,20,29H,6,11-15H2. The maximum atomic E-state index is 13.0. The largest absolute Gasteiger partial charge is 0.471 e. The van der Waals surface area contributed by atoms with Crippen molar-refractivity contribution >= 4 is 11.7 Å². The van der Waals surface area contributed by atoms with Gasteiger partial charge in [-0.2, -0.15) is 13.2 Å². The van der Waals surface area contributed by atoms with Crippen molar-refractivity contribution in [1.29, 1.82) is 0 Å². The second-order valence-corrected chi connectivity index (χ2v) is 7.34. The third-order valence-corrected chi connectivity index (χ3v) is 5.08. The first kappa shape index (κ1) is 22.0. The van der Waals surface area contributed by atoms with E-state index in [2.05, 4.69) is 0 Å². The monoisotopic (exact) mass is 420 g/mol. The first-order chi connectivity index (χ1) is 14.3. The van der Waals surface area contributed by atoms with E-state index in [4.69, 9.17) is 0 Å². The lowest BCUT2D eigenvalue weighted by atomic mass is 10.0. The van der Waals surface area contributed by atoms with Gasteiger partial charge in [-0.25, -0.2) is 0 Å². The van der Waals surface area contributed by atoms with E-state index in [9.17, 15) is 27.9 Å². The van der Waals surface area contributed by atoms with Crippen molar-refractivity contribution in [3.8, 4) is 0 Å². The van der Waals surface area contributed by atoms with E-state index in [1.807, 2.05) is 12.1 Å². The van der Waals surface area contributed by atoms with E-state index >= 15 is 0 Å². The number of halogens is 3. The fraction of sp³-hybridized carbons (Fsp3) is 0.364. The molecule has 1 aliphatic heterocycles. The molecule has 1 atom stereocenters. The molecule has 1 aliphatic rings. The molecule has 3 rings (SSSR count). The lowest BCUT2D eigenvalue weighted by Gasteiger charge is -2.26. The predicted octanol–water partition coefficient (Wildman–Crippen LogP) is 3.09. The summed E-state index contributed by atoms with van der Waals surface area (Å²) in [5.41, 5.74) is 1.98. The molecule has 1 unspecified atom stereocenters. The maximum Gasteiger partial charge on any atom is 0.471 e. The Bertz CT molecular complexity index is 887. The fourth-order valence-electron chi connectivity index (χ4n) is 3.60. The topological polar surface area (TPSA) is 60.9 Å². The Balaban J connectivity index is 1.65. The second kappa shape index (κ2) is 9.40. The highest BCUT2D eigenvalue weighted by molar-refractivity contribution is 5.86. The SMILES string of the molecule is O=C1CN(CCCN(Cc2ccccc2)C(=O)C(F)(F)F)Cc2ccccc2C1O. The number of aliphatic hydroxyl groups excluding tert-OH is 1. The zero-order valence-electron chi connectivity index (χ0n) is 16.3. The van der Waals surface area contributed by atoms with Gasteiger partial charge in [-0.15, -0.1) is 0 Å². The van der Waals surface area contributed by atoms with Crippen LogP contribution in [0.1, 0.15) is 29.2 Å². The molecule has 0 fully saturated rings. The van der Waals surface area contributed by atoms with Crippen LogP contribution in [0, 0.1) is 0 Å². The summed E-state index contributed by atoms with van der Waals surface area (Å²) in [7, 11) is 0. The second-order valence-electron chi connectivity index (χ2n) is 7.34. The van der Waals surface area contributed by atoms with Crippen molar-refractivity contribution in [3.05, 3.63) is 71.3 Å². The molecule has 0 bridgehead atoms. The summed E-state index contributed by atoms with van der Waals surface area (Å²) in [6.45, 7) is 0.498. The Labute approximate surface area is 172 Å². The summed E-state index contributed by atoms with van der Waals surface area (Å²) < 4.78 is 39.1. The highest BCUT2D eigenvalue weighted by atomic mass is 19.4. The van der Waals surface area contributed by atoms with E-state index < -0.39 is 18.2 Å².